The van der Waals surface area contributed by atoms with Gasteiger partial charge in [-0.15, -0.1) is 4.83 Å². The van der Waals surface area contributed by atoms with Gasteiger partial charge >= 0.3 is 0 Å². The van der Waals surface area contributed by atoms with Gasteiger partial charge in [-0.05, 0) is 38.0 Å². The average molecular weight is 363 g/mol. The van der Waals surface area contributed by atoms with Crippen molar-refractivity contribution in [3.05, 3.63) is 22.7 Å². The number of benzene rings is 1. The molecule has 0 aromatic heterocycles. The van der Waals surface area contributed by atoms with Crippen molar-refractivity contribution in [2.45, 2.75) is 24.7 Å². The normalized spacial score (nSPS) is 14.9. The first-order chi connectivity index (χ1) is 9.44. The fourth-order valence-electron chi connectivity index (χ4n) is 1.59. The molecule has 1 amide bonds. The summed E-state index contributed by atoms with van der Waals surface area (Å²) in [6.45, 7) is 2.11. The number of rotatable bonds is 6. The SMILES string of the molecule is CCOc1ccc(Br)cc1S(=O)(=O)NNC(=O)C1CC1. The Bertz CT molecular complexity index is 614. The third kappa shape index (κ3) is 3.71. The van der Waals surface area contributed by atoms with Crippen molar-refractivity contribution in [1.82, 2.24) is 10.3 Å². The summed E-state index contributed by atoms with van der Waals surface area (Å²) >= 11 is 3.22. The summed E-state index contributed by atoms with van der Waals surface area (Å²) in [4.78, 5) is 13.6. The van der Waals surface area contributed by atoms with Gasteiger partial charge in [0.1, 0.15) is 10.6 Å². The van der Waals surface area contributed by atoms with Gasteiger partial charge in [0.2, 0.25) is 5.91 Å². The lowest BCUT2D eigenvalue weighted by Crippen LogP contribution is -2.42. The van der Waals surface area contributed by atoms with Crippen molar-refractivity contribution in [1.29, 1.82) is 0 Å². The molecule has 1 fully saturated rings. The minimum Gasteiger partial charge on any atom is -0.492 e. The molecule has 6 nitrogen and oxygen atoms in total. The molecule has 20 heavy (non-hydrogen) atoms. The van der Waals surface area contributed by atoms with E-state index in [2.05, 4.69) is 26.2 Å². The van der Waals surface area contributed by atoms with Gasteiger partial charge in [0.15, 0.2) is 0 Å². The Morgan fingerprint density at radius 3 is 2.75 bits per heavy atom. The Kier molecular flexibility index (Phi) is 4.66. The van der Waals surface area contributed by atoms with Gasteiger partial charge in [-0.1, -0.05) is 15.9 Å². The minimum atomic E-state index is -3.87. The van der Waals surface area contributed by atoms with E-state index in [-0.39, 0.29) is 22.5 Å². The van der Waals surface area contributed by atoms with Crippen LogP contribution in [0.5, 0.6) is 5.75 Å². The standard InChI is InChI=1S/C12H15BrN2O4S/c1-2-19-10-6-5-9(13)7-11(10)20(17,18)15-14-12(16)8-3-4-8/h5-8,15H,2-4H2,1H3,(H,14,16). The number of sulfonamides is 1. The van der Waals surface area contributed by atoms with E-state index >= 15 is 0 Å². The number of ether oxygens (including phenoxy) is 1. The smallest absolute Gasteiger partial charge is 0.261 e. The van der Waals surface area contributed by atoms with Gasteiger partial charge in [0.05, 0.1) is 6.61 Å². The van der Waals surface area contributed by atoms with E-state index in [0.29, 0.717) is 11.1 Å². The van der Waals surface area contributed by atoms with Gasteiger partial charge in [0.25, 0.3) is 10.0 Å². The van der Waals surface area contributed by atoms with E-state index in [4.69, 9.17) is 4.74 Å². The van der Waals surface area contributed by atoms with Crippen LogP contribution in [0.15, 0.2) is 27.6 Å². The van der Waals surface area contributed by atoms with Gasteiger partial charge in [0, 0.05) is 10.4 Å². The molecular formula is C12H15BrN2O4S. The fourth-order valence-corrected chi connectivity index (χ4v) is 3.12. The highest BCUT2D eigenvalue weighted by Crippen LogP contribution is 2.29. The first kappa shape index (κ1) is 15.3. The lowest BCUT2D eigenvalue weighted by atomic mass is 10.3. The number of carbonyl (C=O) groups excluding carboxylic acids is 1. The van der Waals surface area contributed by atoms with Gasteiger partial charge in [-0.3, -0.25) is 10.2 Å². The maximum absolute atomic E-state index is 12.2. The van der Waals surface area contributed by atoms with Crippen LogP contribution >= 0.6 is 15.9 Å². The number of hydrogen-bond donors (Lipinski definition) is 2. The second kappa shape index (κ2) is 6.11. The highest BCUT2D eigenvalue weighted by atomic mass is 79.9. The molecule has 1 aromatic rings. The fraction of sp³-hybridized carbons (Fsp3) is 0.417. The molecule has 2 N–H and O–H groups in total. The summed E-state index contributed by atoms with van der Waals surface area (Å²) in [5.41, 5.74) is 2.22. The second-order valence-corrected chi connectivity index (χ2v) is 6.96. The number of nitrogens with one attached hydrogen (secondary N) is 2. The summed E-state index contributed by atoms with van der Waals surface area (Å²) in [5.74, 6) is -0.142. The van der Waals surface area contributed by atoms with Gasteiger partial charge in [-0.2, -0.15) is 0 Å². The number of hydrazine groups is 1. The Labute approximate surface area is 126 Å². The zero-order valence-electron chi connectivity index (χ0n) is 10.8. The average Bonchev–Trinajstić information content (AvgIpc) is 3.23. The summed E-state index contributed by atoms with van der Waals surface area (Å²) in [6, 6.07) is 4.67. The lowest BCUT2D eigenvalue weighted by molar-refractivity contribution is -0.122. The first-order valence-corrected chi connectivity index (χ1v) is 8.45. The van der Waals surface area contributed by atoms with Crippen LogP contribution in [0.2, 0.25) is 0 Å². The molecular weight excluding hydrogens is 348 g/mol. The van der Waals surface area contributed by atoms with E-state index in [1.54, 1.807) is 19.1 Å². The van der Waals surface area contributed by atoms with Crippen LogP contribution < -0.4 is 15.0 Å². The summed E-state index contributed by atoms with van der Waals surface area (Å²) in [6.07, 6.45) is 1.60. The van der Waals surface area contributed by atoms with Crippen LogP contribution in [-0.2, 0) is 14.8 Å². The van der Waals surface area contributed by atoms with Crippen LogP contribution in [0.1, 0.15) is 19.8 Å². The van der Waals surface area contributed by atoms with E-state index in [1.165, 1.54) is 6.07 Å². The molecule has 0 saturated heterocycles. The first-order valence-electron chi connectivity index (χ1n) is 6.18. The molecule has 8 heteroatoms. The molecule has 0 atom stereocenters. The van der Waals surface area contributed by atoms with Crippen LogP contribution in [0.3, 0.4) is 0 Å². The molecule has 1 saturated carbocycles. The molecule has 1 aliphatic rings. The van der Waals surface area contributed by atoms with Gasteiger partial charge in [-0.25, -0.2) is 8.42 Å². The molecule has 0 unspecified atom stereocenters. The zero-order valence-corrected chi connectivity index (χ0v) is 13.3. The third-order valence-electron chi connectivity index (χ3n) is 2.75. The maximum Gasteiger partial charge on any atom is 0.261 e. The quantitative estimate of drug-likeness (QED) is 0.752. The molecule has 1 aromatic carbocycles. The Morgan fingerprint density at radius 1 is 1.45 bits per heavy atom. The van der Waals surface area contributed by atoms with E-state index in [0.717, 1.165) is 12.8 Å². The summed E-state index contributed by atoms with van der Waals surface area (Å²) < 4.78 is 30.3. The number of hydrogen-bond acceptors (Lipinski definition) is 4. The van der Waals surface area contributed by atoms with Crippen molar-refractivity contribution < 1.29 is 17.9 Å². The molecule has 110 valence electrons. The predicted octanol–water partition coefficient (Wildman–Crippen LogP) is 1.57. The second-order valence-electron chi connectivity index (χ2n) is 4.39. The lowest BCUT2D eigenvalue weighted by Gasteiger charge is -2.12. The van der Waals surface area contributed by atoms with Crippen LogP contribution in [0, 0.1) is 5.92 Å². The number of halogens is 1. The van der Waals surface area contributed by atoms with Crippen molar-refractivity contribution in [3.63, 3.8) is 0 Å². The molecule has 2 rings (SSSR count). The van der Waals surface area contributed by atoms with Crippen molar-refractivity contribution in [2.24, 2.45) is 5.92 Å². The Hall–Kier alpha value is -1.12. The van der Waals surface area contributed by atoms with Crippen LogP contribution in [0.25, 0.3) is 0 Å². The Balaban J connectivity index is 2.18. The largest absolute Gasteiger partial charge is 0.492 e. The molecule has 0 bridgehead atoms. The van der Waals surface area contributed by atoms with E-state index < -0.39 is 10.0 Å². The summed E-state index contributed by atoms with van der Waals surface area (Å²) in [7, 11) is -3.87. The van der Waals surface area contributed by atoms with Crippen LogP contribution in [0.4, 0.5) is 0 Å². The predicted molar refractivity (Wildman–Crippen MR) is 76.5 cm³/mol. The topological polar surface area (TPSA) is 84.5 Å². The van der Waals surface area contributed by atoms with E-state index in [9.17, 15) is 13.2 Å². The maximum atomic E-state index is 12.2. The number of carbonyl (C=O) groups is 1. The molecule has 1 aliphatic carbocycles. The van der Waals surface area contributed by atoms with E-state index in [1.807, 2.05) is 0 Å². The monoisotopic (exact) mass is 362 g/mol. The van der Waals surface area contributed by atoms with Crippen molar-refractivity contribution in [3.8, 4) is 5.75 Å². The van der Waals surface area contributed by atoms with Crippen molar-refractivity contribution in [2.75, 3.05) is 6.61 Å². The van der Waals surface area contributed by atoms with Crippen molar-refractivity contribution >= 4 is 31.9 Å². The molecule has 0 spiro atoms. The minimum absolute atomic E-state index is 0.0233. The Morgan fingerprint density at radius 2 is 2.15 bits per heavy atom. The highest BCUT2D eigenvalue weighted by molar-refractivity contribution is 9.10. The molecule has 0 radical (unpaired) electrons. The molecule has 0 heterocycles. The molecule has 0 aliphatic heterocycles. The summed E-state index contributed by atoms with van der Waals surface area (Å²) in [5, 5.41) is 0. The van der Waals surface area contributed by atoms with Gasteiger partial charge < -0.3 is 4.74 Å². The highest BCUT2D eigenvalue weighted by Gasteiger charge is 2.31. The zero-order chi connectivity index (χ0) is 14.8. The number of amides is 1. The van der Waals surface area contributed by atoms with Crippen LogP contribution in [-0.4, -0.2) is 20.9 Å². The third-order valence-corrected chi connectivity index (χ3v) is 4.51.